The molecule has 1 aromatic rings. The zero-order valence-corrected chi connectivity index (χ0v) is 12.0. The lowest BCUT2D eigenvalue weighted by Crippen LogP contribution is -2.28. The molecule has 1 fully saturated rings. The smallest absolute Gasteiger partial charge is 0.237 e. The number of hydrogen-bond acceptors (Lipinski definition) is 5. The molecule has 20 heavy (non-hydrogen) atoms. The monoisotopic (exact) mass is 317 g/mol. The molecule has 1 atom stereocenters. The number of hydrogen-bond donors (Lipinski definition) is 0. The minimum atomic E-state index is -3.76. The van der Waals surface area contributed by atoms with Crippen molar-refractivity contribution < 1.29 is 22.7 Å². The van der Waals surface area contributed by atoms with Crippen molar-refractivity contribution in [2.75, 3.05) is 24.7 Å². The van der Waals surface area contributed by atoms with Crippen molar-refractivity contribution in [2.24, 2.45) is 0 Å². The minimum Gasteiger partial charge on any atom is -0.486 e. The molecule has 6 nitrogen and oxygen atoms in total. The summed E-state index contributed by atoms with van der Waals surface area (Å²) in [4.78, 5) is 13.4. The van der Waals surface area contributed by atoms with Gasteiger partial charge in [-0.2, -0.15) is 0 Å². The van der Waals surface area contributed by atoms with Crippen LogP contribution < -0.4 is 14.4 Å². The van der Waals surface area contributed by atoms with Crippen LogP contribution in [0.2, 0.25) is 0 Å². The Kier molecular flexibility index (Phi) is 3.25. The van der Waals surface area contributed by atoms with Crippen LogP contribution in [0.15, 0.2) is 18.2 Å². The zero-order chi connectivity index (χ0) is 14.3. The maximum Gasteiger partial charge on any atom is 0.237 e. The van der Waals surface area contributed by atoms with Gasteiger partial charge in [0.25, 0.3) is 0 Å². The largest absolute Gasteiger partial charge is 0.486 e. The number of anilines is 1. The molecule has 0 N–H and O–H groups in total. The van der Waals surface area contributed by atoms with Crippen LogP contribution in [0.25, 0.3) is 0 Å². The van der Waals surface area contributed by atoms with Crippen molar-refractivity contribution in [3.05, 3.63) is 18.2 Å². The SMILES string of the molecule is O=C1CC(S(=O)(=O)Cl)CN1c1cccc2c1OCCO2. The summed E-state index contributed by atoms with van der Waals surface area (Å²) in [5.74, 6) is 0.736. The first-order valence-corrected chi connectivity index (χ1v) is 8.46. The third-order valence-electron chi connectivity index (χ3n) is 3.32. The van der Waals surface area contributed by atoms with Gasteiger partial charge in [-0.15, -0.1) is 0 Å². The second-order valence-corrected chi connectivity index (χ2v) is 7.52. The fourth-order valence-corrected chi connectivity index (χ4v) is 3.39. The van der Waals surface area contributed by atoms with Gasteiger partial charge in [-0.05, 0) is 12.1 Å². The molecule has 108 valence electrons. The molecule has 2 aliphatic heterocycles. The van der Waals surface area contributed by atoms with E-state index in [2.05, 4.69) is 0 Å². The Hall–Kier alpha value is -1.47. The van der Waals surface area contributed by atoms with Gasteiger partial charge in [-0.25, -0.2) is 8.42 Å². The third-order valence-corrected chi connectivity index (χ3v) is 5.19. The number of halogens is 1. The summed E-state index contributed by atoms with van der Waals surface area (Å²) in [5.41, 5.74) is 0.523. The molecule has 1 amide bonds. The molecule has 2 aliphatic rings. The molecule has 0 bridgehead atoms. The van der Waals surface area contributed by atoms with Gasteiger partial charge in [0, 0.05) is 23.6 Å². The Morgan fingerprint density at radius 3 is 2.70 bits per heavy atom. The van der Waals surface area contributed by atoms with Crippen LogP contribution in [0.3, 0.4) is 0 Å². The topological polar surface area (TPSA) is 72.9 Å². The molecule has 0 radical (unpaired) electrons. The maximum absolute atomic E-state index is 12.0. The standard InChI is InChI=1S/C12H12ClNO5S/c13-20(16,17)8-6-11(15)14(7-8)9-2-1-3-10-12(9)19-5-4-18-10/h1-3,8H,4-7H2. The first kappa shape index (κ1) is 13.5. The Labute approximate surface area is 120 Å². The second kappa shape index (κ2) is 4.82. The Morgan fingerprint density at radius 2 is 2.00 bits per heavy atom. The van der Waals surface area contributed by atoms with Crippen LogP contribution in [0.1, 0.15) is 6.42 Å². The van der Waals surface area contributed by atoms with E-state index < -0.39 is 14.3 Å². The number of para-hydroxylation sites is 1. The lowest BCUT2D eigenvalue weighted by Gasteiger charge is -2.25. The van der Waals surface area contributed by atoms with E-state index >= 15 is 0 Å². The maximum atomic E-state index is 12.0. The summed E-state index contributed by atoms with van der Waals surface area (Å²) in [6.07, 6.45) is -0.115. The van der Waals surface area contributed by atoms with Crippen molar-refractivity contribution >= 4 is 31.3 Å². The summed E-state index contributed by atoms with van der Waals surface area (Å²) in [5, 5.41) is -0.892. The Bertz CT molecular complexity index is 660. The third kappa shape index (κ3) is 2.31. The van der Waals surface area contributed by atoms with Gasteiger partial charge >= 0.3 is 0 Å². The van der Waals surface area contributed by atoms with Gasteiger partial charge in [0.05, 0.1) is 5.69 Å². The molecule has 0 aliphatic carbocycles. The second-order valence-electron chi connectivity index (χ2n) is 4.61. The number of benzene rings is 1. The Balaban J connectivity index is 1.96. The molecule has 1 saturated heterocycles. The molecule has 8 heteroatoms. The van der Waals surface area contributed by atoms with Crippen molar-refractivity contribution in [2.45, 2.75) is 11.7 Å². The van der Waals surface area contributed by atoms with Gasteiger partial charge < -0.3 is 14.4 Å². The van der Waals surface area contributed by atoms with Gasteiger partial charge in [0.15, 0.2) is 11.5 Å². The fraction of sp³-hybridized carbons (Fsp3) is 0.417. The lowest BCUT2D eigenvalue weighted by molar-refractivity contribution is -0.117. The first-order chi connectivity index (χ1) is 9.47. The highest BCUT2D eigenvalue weighted by atomic mass is 35.7. The van der Waals surface area contributed by atoms with E-state index in [0.717, 1.165) is 0 Å². The summed E-state index contributed by atoms with van der Waals surface area (Å²) >= 11 is 0. The normalized spacial score (nSPS) is 22.1. The molecule has 0 aromatic heterocycles. The Morgan fingerprint density at radius 1 is 1.25 bits per heavy atom. The molecule has 3 rings (SSSR count). The van der Waals surface area contributed by atoms with E-state index in [4.69, 9.17) is 20.2 Å². The highest BCUT2D eigenvalue weighted by Crippen LogP contribution is 2.41. The highest BCUT2D eigenvalue weighted by Gasteiger charge is 2.39. The number of carbonyl (C=O) groups is 1. The van der Waals surface area contributed by atoms with E-state index in [1.165, 1.54) is 4.90 Å². The predicted molar refractivity (Wildman–Crippen MR) is 73.0 cm³/mol. The van der Waals surface area contributed by atoms with Crippen LogP contribution in [-0.4, -0.2) is 39.3 Å². The van der Waals surface area contributed by atoms with Gasteiger partial charge in [-0.1, -0.05) is 6.07 Å². The van der Waals surface area contributed by atoms with Gasteiger partial charge in [0.2, 0.25) is 15.0 Å². The van der Waals surface area contributed by atoms with E-state index in [0.29, 0.717) is 30.4 Å². The van der Waals surface area contributed by atoms with E-state index in [-0.39, 0.29) is 18.9 Å². The van der Waals surface area contributed by atoms with Crippen molar-refractivity contribution in [3.8, 4) is 11.5 Å². The van der Waals surface area contributed by atoms with Gasteiger partial charge in [0.1, 0.15) is 18.5 Å². The van der Waals surface area contributed by atoms with Crippen LogP contribution in [0.4, 0.5) is 5.69 Å². The number of carbonyl (C=O) groups excluding carboxylic acids is 1. The van der Waals surface area contributed by atoms with Crippen LogP contribution >= 0.6 is 10.7 Å². The molecular formula is C12H12ClNO5S. The molecule has 1 unspecified atom stereocenters. The van der Waals surface area contributed by atoms with Crippen LogP contribution in [0, 0.1) is 0 Å². The number of nitrogens with zero attached hydrogens (tertiary/aromatic N) is 1. The summed E-state index contributed by atoms with van der Waals surface area (Å²) in [6, 6.07) is 5.18. The van der Waals surface area contributed by atoms with Crippen molar-refractivity contribution in [1.29, 1.82) is 0 Å². The molecular weight excluding hydrogens is 306 g/mol. The highest BCUT2D eigenvalue weighted by molar-refractivity contribution is 8.14. The summed E-state index contributed by atoms with van der Waals surface area (Å²) in [7, 11) is 1.58. The van der Waals surface area contributed by atoms with Crippen LogP contribution in [-0.2, 0) is 13.8 Å². The number of rotatable bonds is 2. The van der Waals surface area contributed by atoms with E-state index in [1.54, 1.807) is 18.2 Å². The van der Waals surface area contributed by atoms with E-state index in [1.807, 2.05) is 0 Å². The predicted octanol–water partition coefficient (Wildman–Crippen LogP) is 1.13. The average Bonchev–Trinajstić information content (AvgIpc) is 2.80. The summed E-state index contributed by atoms with van der Waals surface area (Å²) in [6.45, 7) is 0.872. The summed E-state index contributed by atoms with van der Waals surface area (Å²) < 4.78 is 33.7. The molecule has 1 aromatic carbocycles. The molecule has 0 saturated carbocycles. The number of ether oxygens (including phenoxy) is 2. The van der Waals surface area contributed by atoms with Crippen LogP contribution in [0.5, 0.6) is 11.5 Å². The number of fused-ring (bicyclic) bond motifs is 1. The first-order valence-electron chi connectivity index (χ1n) is 6.09. The quantitative estimate of drug-likeness (QED) is 0.765. The van der Waals surface area contributed by atoms with Crippen molar-refractivity contribution in [1.82, 2.24) is 0 Å². The average molecular weight is 318 g/mol. The molecule has 2 heterocycles. The zero-order valence-electron chi connectivity index (χ0n) is 10.4. The minimum absolute atomic E-state index is 0.0322. The van der Waals surface area contributed by atoms with Gasteiger partial charge in [-0.3, -0.25) is 4.79 Å². The lowest BCUT2D eigenvalue weighted by atomic mass is 10.2. The molecule has 0 spiro atoms. The fourth-order valence-electron chi connectivity index (χ4n) is 2.37. The van der Waals surface area contributed by atoms with E-state index in [9.17, 15) is 13.2 Å². The number of amides is 1. The van der Waals surface area contributed by atoms with Crippen molar-refractivity contribution in [3.63, 3.8) is 0 Å².